The number of benzene rings is 1. The van der Waals surface area contributed by atoms with Crippen LogP contribution in [0.25, 0.3) is 6.08 Å². The molecule has 3 rings (SSSR count). The summed E-state index contributed by atoms with van der Waals surface area (Å²) in [7, 11) is 1.72. The Morgan fingerprint density at radius 3 is 2.68 bits per heavy atom. The molecule has 4 heteroatoms. The van der Waals surface area contributed by atoms with Gasteiger partial charge in [0.25, 0.3) is 0 Å². The zero-order chi connectivity index (χ0) is 17.5. The number of piperidine rings is 1. The minimum Gasteiger partial charge on any atom is -0.385 e. The summed E-state index contributed by atoms with van der Waals surface area (Å²) in [5, 5.41) is 0. The molecule has 0 saturated carbocycles. The number of methoxy groups -OCH3 is 1. The van der Waals surface area contributed by atoms with Crippen LogP contribution in [-0.4, -0.2) is 62.1 Å². The molecule has 2 saturated heterocycles. The predicted octanol–water partition coefficient (Wildman–Crippen LogP) is 3.05. The molecule has 2 fully saturated rings. The third kappa shape index (κ3) is 4.93. The molecule has 1 amide bonds. The first-order valence-electron chi connectivity index (χ1n) is 9.41. The molecule has 136 valence electrons. The third-order valence-electron chi connectivity index (χ3n) is 5.57. The maximum absolute atomic E-state index is 12.3. The van der Waals surface area contributed by atoms with Gasteiger partial charge in [-0.25, -0.2) is 0 Å². The second kappa shape index (κ2) is 8.63. The fraction of sp³-hybridized carbons (Fsp3) is 0.571. The van der Waals surface area contributed by atoms with E-state index in [-0.39, 0.29) is 5.41 Å². The first kappa shape index (κ1) is 18.2. The SMILES string of the molecule is COCCCN1CC2(CCN(CC=Cc3ccccc3)CC2)CC1=O. The number of hydrogen-bond donors (Lipinski definition) is 0. The van der Waals surface area contributed by atoms with E-state index in [0.717, 1.165) is 65.0 Å². The molecule has 0 radical (unpaired) electrons. The number of carbonyl (C=O) groups excluding carboxylic acids is 1. The average Bonchev–Trinajstić information content (AvgIpc) is 2.93. The van der Waals surface area contributed by atoms with E-state index in [0.29, 0.717) is 5.91 Å². The maximum atomic E-state index is 12.3. The number of likely N-dealkylation sites (tertiary alicyclic amines) is 2. The largest absolute Gasteiger partial charge is 0.385 e. The van der Waals surface area contributed by atoms with Gasteiger partial charge in [0.1, 0.15) is 0 Å². The summed E-state index contributed by atoms with van der Waals surface area (Å²) in [6.45, 7) is 5.71. The topological polar surface area (TPSA) is 32.8 Å². The summed E-state index contributed by atoms with van der Waals surface area (Å²) in [5.74, 6) is 0.341. The van der Waals surface area contributed by atoms with Crippen molar-refractivity contribution in [3.8, 4) is 0 Å². The minimum atomic E-state index is 0.226. The molecule has 0 atom stereocenters. The molecule has 25 heavy (non-hydrogen) atoms. The number of hydrogen-bond acceptors (Lipinski definition) is 3. The Bertz CT molecular complexity index is 577. The smallest absolute Gasteiger partial charge is 0.223 e. The van der Waals surface area contributed by atoms with Gasteiger partial charge in [0, 0.05) is 39.8 Å². The molecule has 0 aromatic heterocycles. The zero-order valence-electron chi connectivity index (χ0n) is 15.3. The molecule has 2 aliphatic rings. The van der Waals surface area contributed by atoms with E-state index < -0.39 is 0 Å². The number of ether oxygens (including phenoxy) is 1. The number of nitrogens with zero attached hydrogens (tertiary/aromatic N) is 2. The van der Waals surface area contributed by atoms with Crippen molar-refractivity contribution in [1.82, 2.24) is 9.80 Å². The predicted molar refractivity (Wildman–Crippen MR) is 101 cm³/mol. The van der Waals surface area contributed by atoms with Crippen LogP contribution in [0.3, 0.4) is 0 Å². The Morgan fingerprint density at radius 2 is 1.96 bits per heavy atom. The summed E-state index contributed by atoms with van der Waals surface area (Å²) in [6.07, 6.45) is 8.41. The van der Waals surface area contributed by atoms with Crippen molar-refractivity contribution in [1.29, 1.82) is 0 Å². The maximum Gasteiger partial charge on any atom is 0.223 e. The van der Waals surface area contributed by atoms with Crippen LogP contribution < -0.4 is 0 Å². The highest BCUT2D eigenvalue weighted by molar-refractivity contribution is 5.79. The summed E-state index contributed by atoms with van der Waals surface area (Å²) >= 11 is 0. The van der Waals surface area contributed by atoms with E-state index in [1.165, 1.54) is 5.56 Å². The van der Waals surface area contributed by atoms with Gasteiger partial charge in [-0.1, -0.05) is 42.5 Å². The van der Waals surface area contributed by atoms with Gasteiger partial charge in [0.05, 0.1) is 0 Å². The Morgan fingerprint density at radius 1 is 1.20 bits per heavy atom. The lowest BCUT2D eigenvalue weighted by molar-refractivity contribution is -0.128. The van der Waals surface area contributed by atoms with E-state index >= 15 is 0 Å². The quantitative estimate of drug-likeness (QED) is 0.714. The molecule has 1 aromatic rings. The van der Waals surface area contributed by atoms with Crippen LogP contribution in [0.15, 0.2) is 36.4 Å². The Hall–Kier alpha value is -1.65. The van der Waals surface area contributed by atoms with E-state index in [4.69, 9.17) is 4.74 Å². The molecular weight excluding hydrogens is 312 g/mol. The molecule has 0 bridgehead atoms. The lowest BCUT2D eigenvalue weighted by Crippen LogP contribution is -2.41. The number of carbonyl (C=O) groups is 1. The van der Waals surface area contributed by atoms with Gasteiger partial charge in [0.2, 0.25) is 5.91 Å². The molecule has 0 N–H and O–H groups in total. The second-order valence-electron chi connectivity index (χ2n) is 7.45. The number of rotatable bonds is 7. The molecule has 4 nitrogen and oxygen atoms in total. The molecule has 2 heterocycles. The van der Waals surface area contributed by atoms with Gasteiger partial charge in [-0.15, -0.1) is 0 Å². The molecule has 2 aliphatic heterocycles. The first-order chi connectivity index (χ1) is 12.2. The highest BCUT2D eigenvalue weighted by Gasteiger charge is 2.44. The summed E-state index contributed by atoms with van der Waals surface area (Å²) in [4.78, 5) is 16.9. The van der Waals surface area contributed by atoms with Crippen molar-refractivity contribution in [3.05, 3.63) is 42.0 Å². The molecular formula is C21H30N2O2. The lowest BCUT2D eigenvalue weighted by atomic mass is 9.77. The Kier molecular flexibility index (Phi) is 6.27. The van der Waals surface area contributed by atoms with Crippen LogP contribution in [0.2, 0.25) is 0 Å². The van der Waals surface area contributed by atoms with Crippen LogP contribution >= 0.6 is 0 Å². The van der Waals surface area contributed by atoms with E-state index in [1.807, 2.05) is 6.07 Å². The van der Waals surface area contributed by atoms with Gasteiger partial charge < -0.3 is 9.64 Å². The third-order valence-corrected chi connectivity index (χ3v) is 5.57. The van der Waals surface area contributed by atoms with Crippen molar-refractivity contribution in [2.45, 2.75) is 25.7 Å². The van der Waals surface area contributed by atoms with E-state index in [9.17, 15) is 4.79 Å². The fourth-order valence-corrected chi connectivity index (χ4v) is 4.03. The Balaban J connectivity index is 1.44. The summed E-state index contributed by atoms with van der Waals surface area (Å²) in [5.41, 5.74) is 1.48. The zero-order valence-corrected chi connectivity index (χ0v) is 15.3. The second-order valence-corrected chi connectivity index (χ2v) is 7.45. The fourth-order valence-electron chi connectivity index (χ4n) is 4.03. The van der Waals surface area contributed by atoms with Crippen molar-refractivity contribution in [2.75, 3.05) is 46.4 Å². The average molecular weight is 342 g/mol. The van der Waals surface area contributed by atoms with Gasteiger partial charge in [0.15, 0.2) is 0 Å². The van der Waals surface area contributed by atoms with E-state index in [1.54, 1.807) is 7.11 Å². The van der Waals surface area contributed by atoms with Gasteiger partial charge >= 0.3 is 0 Å². The van der Waals surface area contributed by atoms with Gasteiger partial charge in [-0.05, 0) is 43.3 Å². The van der Waals surface area contributed by atoms with Crippen LogP contribution in [-0.2, 0) is 9.53 Å². The van der Waals surface area contributed by atoms with Gasteiger partial charge in [-0.2, -0.15) is 0 Å². The van der Waals surface area contributed by atoms with Crippen molar-refractivity contribution in [3.63, 3.8) is 0 Å². The highest BCUT2D eigenvalue weighted by Crippen LogP contribution is 2.40. The van der Waals surface area contributed by atoms with Crippen molar-refractivity contribution < 1.29 is 9.53 Å². The lowest BCUT2D eigenvalue weighted by Gasteiger charge is -2.38. The Labute approximate surface area is 151 Å². The van der Waals surface area contributed by atoms with Crippen molar-refractivity contribution in [2.24, 2.45) is 5.41 Å². The molecule has 1 aromatic carbocycles. The van der Waals surface area contributed by atoms with Crippen LogP contribution in [0, 0.1) is 5.41 Å². The monoisotopic (exact) mass is 342 g/mol. The highest BCUT2D eigenvalue weighted by atomic mass is 16.5. The first-order valence-corrected chi connectivity index (χ1v) is 9.41. The summed E-state index contributed by atoms with van der Waals surface area (Å²) < 4.78 is 5.11. The van der Waals surface area contributed by atoms with Crippen LogP contribution in [0.4, 0.5) is 0 Å². The van der Waals surface area contributed by atoms with Crippen LogP contribution in [0.1, 0.15) is 31.2 Å². The standard InChI is InChI=1S/C21H30N2O2/c1-25-16-6-13-23-18-21(17-20(23)24)10-14-22(15-11-21)12-5-9-19-7-3-2-4-8-19/h2-5,7-9H,6,10-18H2,1H3. The van der Waals surface area contributed by atoms with Crippen molar-refractivity contribution >= 4 is 12.0 Å². The number of amides is 1. The van der Waals surface area contributed by atoms with Gasteiger partial charge in [-0.3, -0.25) is 9.69 Å². The molecule has 1 spiro atoms. The molecule has 0 aliphatic carbocycles. The van der Waals surface area contributed by atoms with E-state index in [2.05, 4.69) is 46.2 Å². The van der Waals surface area contributed by atoms with Crippen LogP contribution in [0.5, 0.6) is 0 Å². The minimum absolute atomic E-state index is 0.226. The molecule has 0 unspecified atom stereocenters. The normalized spacial score (nSPS) is 20.8. The summed E-state index contributed by atoms with van der Waals surface area (Å²) in [6, 6.07) is 10.4.